The minimum absolute atomic E-state index is 0.0631. The highest BCUT2D eigenvalue weighted by Gasteiger charge is 2.73. The molecule has 210 valence electrons. The molecule has 2 atom stereocenters. The highest BCUT2D eigenvalue weighted by Crippen LogP contribution is 2.59. The topological polar surface area (TPSA) is 127 Å². The standard InChI is InChI=1S/C22H20F6INO7S/c23-21(24,25)20(22(26,27)28,9-38(34,35)36)30-17(32)14-2-1-13(29)5-15(14)37-18(33)19-6-10-3-11(7-19)16(31)12(4-10)8-19/h1-2,5,10-12H,3-4,6-9H2,(H,30,32)(H,34,35,36). The van der Waals surface area contributed by atoms with Crippen LogP contribution in [0.2, 0.25) is 0 Å². The van der Waals surface area contributed by atoms with Gasteiger partial charge in [0, 0.05) is 15.4 Å². The number of amides is 1. The summed E-state index contributed by atoms with van der Waals surface area (Å²) in [6.45, 7) is 0. The predicted octanol–water partition coefficient (Wildman–Crippen LogP) is 4.07. The van der Waals surface area contributed by atoms with Crippen molar-refractivity contribution >= 4 is 50.4 Å². The Hall–Kier alpha value is -1.95. The predicted molar refractivity (Wildman–Crippen MR) is 125 cm³/mol. The van der Waals surface area contributed by atoms with Crippen molar-refractivity contribution in [1.82, 2.24) is 5.32 Å². The van der Waals surface area contributed by atoms with Crippen molar-refractivity contribution in [1.29, 1.82) is 0 Å². The summed E-state index contributed by atoms with van der Waals surface area (Å²) >= 11 is 1.72. The summed E-state index contributed by atoms with van der Waals surface area (Å²) in [5, 5.41) is 0.691. The first-order valence-corrected chi connectivity index (χ1v) is 13.9. The molecule has 0 aliphatic heterocycles. The molecule has 0 aromatic heterocycles. The molecule has 1 aromatic carbocycles. The number of esters is 1. The Labute approximate surface area is 225 Å². The van der Waals surface area contributed by atoms with Gasteiger partial charge in [0.05, 0.1) is 11.0 Å². The molecule has 4 aliphatic rings. The van der Waals surface area contributed by atoms with Gasteiger partial charge in [0.25, 0.3) is 16.0 Å². The molecule has 2 N–H and O–H groups in total. The lowest BCUT2D eigenvalue weighted by Gasteiger charge is -2.53. The average Bonchev–Trinajstić information content (AvgIpc) is 2.73. The zero-order valence-corrected chi connectivity index (χ0v) is 22.1. The smallest absolute Gasteiger partial charge is 0.421 e. The summed E-state index contributed by atoms with van der Waals surface area (Å²) in [6, 6.07) is 3.04. The largest absolute Gasteiger partial charge is 0.425 e. The highest BCUT2D eigenvalue weighted by molar-refractivity contribution is 14.1. The summed E-state index contributed by atoms with van der Waals surface area (Å²) < 4.78 is 119. The number of Topliss-reactive ketones (excluding diaryl/α,β-unsaturated/α-hetero) is 1. The van der Waals surface area contributed by atoms with E-state index >= 15 is 0 Å². The van der Waals surface area contributed by atoms with Gasteiger partial charge in [-0.15, -0.1) is 0 Å². The monoisotopic (exact) mass is 683 g/mol. The molecular formula is C22H20F6INO7S. The van der Waals surface area contributed by atoms with Crippen LogP contribution < -0.4 is 10.1 Å². The molecule has 4 bridgehead atoms. The number of hydrogen-bond acceptors (Lipinski definition) is 6. The Morgan fingerprint density at radius 1 is 1.05 bits per heavy atom. The maximum Gasteiger partial charge on any atom is 0.421 e. The second kappa shape index (κ2) is 9.31. The van der Waals surface area contributed by atoms with Gasteiger partial charge in [-0.25, -0.2) is 0 Å². The Bertz CT molecular complexity index is 1260. The second-order valence-corrected chi connectivity index (χ2v) is 12.8. The summed E-state index contributed by atoms with van der Waals surface area (Å²) in [5.74, 6) is -6.98. The van der Waals surface area contributed by atoms with Gasteiger partial charge >= 0.3 is 18.3 Å². The lowest BCUT2D eigenvalue weighted by atomic mass is 9.49. The van der Waals surface area contributed by atoms with E-state index in [2.05, 4.69) is 0 Å². The Kier molecular flexibility index (Phi) is 7.12. The molecule has 5 rings (SSSR count). The van der Waals surface area contributed by atoms with Crippen LogP contribution in [0.5, 0.6) is 5.75 Å². The third-order valence-electron chi connectivity index (χ3n) is 7.51. The molecular weight excluding hydrogens is 663 g/mol. The lowest BCUT2D eigenvalue weighted by Crippen LogP contribution is -2.70. The molecule has 4 fully saturated rings. The van der Waals surface area contributed by atoms with Crippen molar-refractivity contribution in [2.24, 2.45) is 23.2 Å². The van der Waals surface area contributed by atoms with Gasteiger partial charge in [0.1, 0.15) is 17.3 Å². The Morgan fingerprint density at radius 3 is 2.11 bits per heavy atom. The van der Waals surface area contributed by atoms with E-state index in [-0.39, 0.29) is 36.4 Å². The quantitative estimate of drug-likeness (QED) is 0.152. The van der Waals surface area contributed by atoms with E-state index in [9.17, 15) is 49.1 Å². The van der Waals surface area contributed by atoms with Gasteiger partial charge in [-0.2, -0.15) is 34.8 Å². The molecule has 4 saturated carbocycles. The molecule has 4 aliphatic carbocycles. The molecule has 1 amide bonds. The molecule has 1 aromatic rings. The van der Waals surface area contributed by atoms with Gasteiger partial charge in [-0.1, -0.05) is 0 Å². The minimum Gasteiger partial charge on any atom is -0.425 e. The van der Waals surface area contributed by atoms with Crippen LogP contribution in [-0.4, -0.2) is 54.3 Å². The first kappa shape index (κ1) is 29.0. The van der Waals surface area contributed by atoms with Crippen molar-refractivity contribution in [3.63, 3.8) is 0 Å². The van der Waals surface area contributed by atoms with Gasteiger partial charge in [0.2, 0.25) is 5.54 Å². The second-order valence-electron chi connectivity index (χ2n) is 10.1. The molecule has 0 spiro atoms. The van der Waals surface area contributed by atoms with Crippen LogP contribution in [0, 0.1) is 26.7 Å². The SMILES string of the molecule is O=C(NC(CS(=O)(=O)O)(C(F)(F)F)C(F)(F)F)c1ccc(I)cc1OC(=O)C12CC3CC(C1)C(=O)C(C3)C2. The summed E-state index contributed by atoms with van der Waals surface area (Å²) in [6.07, 6.45) is -10.7. The fraction of sp³-hybridized carbons (Fsp3) is 0.591. The van der Waals surface area contributed by atoms with E-state index in [1.165, 1.54) is 0 Å². The maximum atomic E-state index is 13.7. The number of carbonyl (C=O) groups excluding carboxylic acids is 3. The van der Waals surface area contributed by atoms with E-state index in [4.69, 9.17) is 9.29 Å². The number of halogens is 7. The molecule has 2 unspecified atom stereocenters. The number of hydrogen-bond donors (Lipinski definition) is 2. The first-order chi connectivity index (χ1) is 17.3. The van der Waals surface area contributed by atoms with Gasteiger partial charge in [-0.3, -0.25) is 18.9 Å². The van der Waals surface area contributed by atoms with Crippen molar-refractivity contribution in [3.8, 4) is 5.75 Å². The number of ketones is 1. The zero-order valence-electron chi connectivity index (χ0n) is 19.2. The third kappa shape index (κ3) is 5.14. The molecule has 0 heterocycles. The van der Waals surface area contributed by atoms with Gasteiger partial charge in [-0.05, 0) is 78.8 Å². The van der Waals surface area contributed by atoms with Crippen LogP contribution in [0.3, 0.4) is 0 Å². The number of alkyl halides is 6. The van der Waals surface area contributed by atoms with Crippen LogP contribution in [0.4, 0.5) is 26.3 Å². The minimum atomic E-state index is -6.40. The fourth-order valence-electron chi connectivity index (χ4n) is 6.01. The van der Waals surface area contributed by atoms with Crippen LogP contribution in [0.25, 0.3) is 0 Å². The van der Waals surface area contributed by atoms with Crippen molar-refractivity contribution in [3.05, 3.63) is 27.3 Å². The lowest BCUT2D eigenvalue weighted by molar-refractivity contribution is -0.296. The normalized spacial score (nSPS) is 27.4. The number of nitrogens with one attached hydrogen (secondary N) is 1. The molecule has 8 nitrogen and oxygen atoms in total. The van der Waals surface area contributed by atoms with Crippen LogP contribution in [0.15, 0.2) is 18.2 Å². The molecule has 0 saturated heterocycles. The van der Waals surface area contributed by atoms with Crippen LogP contribution in [0.1, 0.15) is 42.5 Å². The number of ether oxygens (including phenoxy) is 1. The first-order valence-electron chi connectivity index (χ1n) is 11.2. The number of carbonyl (C=O) groups is 3. The van der Waals surface area contributed by atoms with Crippen LogP contribution >= 0.6 is 22.6 Å². The van der Waals surface area contributed by atoms with Crippen molar-refractivity contribution in [2.75, 3.05) is 5.75 Å². The molecule has 16 heteroatoms. The average molecular weight is 683 g/mol. The Morgan fingerprint density at radius 2 is 1.61 bits per heavy atom. The third-order valence-corrected chi connectivity index (χ3v) is 8.98. The highest BCUT2D eigenvalue weighted by atomic mass is 127. The summed E-state index contributed by atoms with van der Waals surface area (Å²) in [5.41, 5.74) is -7.34. The van der Waals surface area contributed by atoms with E-state index in [1.54, 1.807) is 22.6 Å². The van der Waals surface area contributed by atoms with E-state index in [1.807, 2.05) is 0 Å². The summed E-state index contributed by atoms with van der Waals surface area (Å²) in [4.78, 5) is 38.6. The van der Waals surface area contributed by atoms with E-state index < -0.39 is 62.4 Å². The molecule has 38 heavy (non-hydrogen) atoms. The fourth-order valence-corrected chi connectivity index (χ4v) is 7.42. The summed E-state index contributed by atoms with van der Waals surface area (Å²) in [7, 11) is -5.91. The van der Waals surface area contributed by atoms with E-state index in [0.29, 0.717) is 28.1 Å². The van der Waals surface area contributed by atoms with Gasteiger partial charge in [0.15, 0.2) is 0 Å². The maximum absolute atomic E-state index is 13.7. The van der Waals surface area contributed by atoms with Crippen molar-refractivity contribution in [2.45, 2.75) is 50.0 Å². The van der Waals surface area contributed by atoms with Crippen LogP contribution in [-0.2, 0) is 19.7 Å². The molecule has 0 radical (unpaired) electrons. The van der Waals surface area contributed by atoms with Crippen molar-refractivity contribution < 1.29 is 58.4 Å². The van der Waals surface area contributed by atoms with Gasteiger partial charge < -0.3 is 10.1 Å². The zero-order chi connectivity index (χ0) is 28.5. The Balaban J connectivity index is 1.68. The number of rotatable bonds is 6. The van der Waals surface area contributed by atoms with E-state index in [0.717, 1.165) is 18.2 Å². The number of benzene rings is 1.